The number of amides is 2. The average molecular weight is 369 g/mol. The molecule has 0 aromatic heterocycles. The summed E-state index contributed by atoms with van der Waals surface area (Å²) in [5, 5.41) is 2.90. The van der Waals surface area contributed by atoms with Crippen molar-refractivity contribution in [3.63, 3.8) is 0 Å². The van der Waals surface area contributed by atoms with Gasteiger partial charge in [-0.1, -0.05) is 26.8 Å². The van der Waals surface area contributed by atoms with E-state index >= 15 is 0 Å². The number of nitrogens with one attached hydrogen (secondary N) is 1. The number of urea groups is 1. The second-order valence-electron chi connectivity index (χ2n) is 7.29. The van der Waals surface area contributed by atoms with Crippen LogP contribution in [0.25, 0.3) is 0 Å². The Kier molecular flexibility index (Phi) is 5.95. The fourth-order valence-electron chi connectivity index (χ4n) is 2.49. The van der Waals surface area contributed by atoms with Crippen LogP contribution in [0.5, 0.6) is 5.75 Å². The minimum Gasteiger partial charge on any atom is -0.497 e. The number of carbonyl (C=O) groups excluding carboxylic acids is 1. The zero-order valence-corrected chi connectivity index (χ0v) is 16.1. The van der Waals surface area contributed by atoms with Crippen LogP contribution in [0.4, 0.5) is 4.79 Å². The van der Waals surface area contributed by atoms with Crippen LogP contribution < -0.4 is 10.1 Å². The van der Waals surface area contributed by atoms with Gasteiger partial charge in [0.1, 0.15) is 5.75 Å². The molecule has 0 bridgehead atoms. The van der Waals surface area contributed by atoms with Crippen molar-refractivity contribution in [1.29, 1.82) is 0 Å². The van der Waals surface area contributed by atoms with Gasteiger partial charge in [-0.05, 0) is 17.5 Å². The van der Waals surface area contributed by atoms with Crippen LogP contribution in [0.2, 0.25) is 0 Å². The van der Waals surface area contributed by atoms with Gasteiger partial charge in [0, 0.05) is 38.8 Å². The second kappa shape index (κ2) is 7.61. The number of sulfonamides is 1. The number of hydrogen-bond donors (Lipinski definition) is 1. The van der Waals surface area contributed by atoms with Crippen molar-refractivity contribution < 1.29 is 17.9 Å². The summed E-state index contributed by atoms with van der Waals surface area (Å²) in [6.07, 6.45) is 0. The molecule has 1 aliphatic heterocycles. The first kappa shape index (κ1) is 19.5. The van der Waals surface area contributed by atoms with Crippen LogP contribution >= 0.6 is 0 Å². The quantitative estimate of drug-likeness (QED) is 0.877. The predicted octanol–water partition coefficient (Wildman–Crippen LogP) is 1.76. The third kappa shape index (κ3) is 5.09. The summed E-state index contributed by atoms with van der Waals surface area (Å²) in [5.74, 6) is 0.501. The fraction of sp³-hybridized carbons (Fsp3) is 0.588. The monoisotopic (exact) mass is 369 g/mol. The number of hydrogen-bond acceptors (Lipinski definition) is 4. The number of carbonyl (C=O) groups is 1. The largest absolute Gasteiger partial charge is 0.497 e. The van der Waals surface area contributed by atoms with Crippen molar-refractivity contribution in [3.8, 4) is 5.75 Å². The van der Waals surface area contributed by atoms with Gasteiger partial charge in [0.05, 0.1) is 12.0 Å². The first-order valence-corrected chi connectivity index (χ1v) is 9.74. The second-order valence-corrected chi connectivity index (χ2v) is 9.23. The molecule has 7 nitrogen and oxygen atoms in total. The highest BCUT2D eigenvalue weighted by molar-refractivity contribution is 7.89. The van der Waals surface area contributed by atoms with Crippen LogP contribution in [0.15, 0.2) is 29.2 Å². The first-order chi connectivity index (χ1) is 11.6. The summed E-state index contributed by atoms with van der Waals surface area (Å²) in [6, 6.07) is 6.28. The lowest BCUT2D eigenvalue weighted by atomic mass is 9.97. The van der Waals surface area contributed by atoms with E-state index in [0.29, 0.717) is 25.4 Å². The van der Waals surface area contributed by atoms with Crippen LogP contribution in [-0.2, 0) is 10.0 Å². The van der Waals surface area contributed by atoms with Gasteiger partial charge < -0.3 is 15.0 Å². The van der Waals surface area contributed by atoms with Crippen molar-refractivity contribution in [1.82, 2.24) is 14.5 Å². The summed E-state index contributed by atoms with van der Waals surface area (Å²) in [7, 11) is -2.08. The fourth-order valence-corrected chi connectivity index (χ4v) is 3.95. The van der Waals surface area contributed by atoms with Crippen molar-refractivity contribution in [2.75, 3.05) is 39.8 Å². The molecule has 140 valence electrons. The summed E-state index contributed by atoms with van der Waals surface area (Å²) in [5.41, 5.74) is 0.00713. The van der Waals surface area contributed by atoms with Gasteiger partial charge in [-0.15, -0.1) is 0 Å². The van der Waals surface area contributed by atoms with E-state index in [1.807, 2.05) is 20.8 Å². The summed E-state index contributed by atoms with van der Waals surface area (Å²) >= 11 is 0. The predicted molar refractivity (Wildman–Crippen MR) is 96.2 cm³/mol. The molecule has 1 N–H and O–H groups in total. The molecular weight excluding hydrogens is 342 g/mol. The van der Waals surface area contributed by atoms with Crippen molar-refractivity contribution in [2.45, 2.75) is 25.7 Å². The molecule has 0 atom stereocenters. The van der Waals surface area contributed by atoms with E-state index in [9.17, 15) is 13.2 Å². The molecular formula is C17H27N3O4S. The summed E-state index contributed by atoms with van der Waals surface area (Å²) in [4.78, 5) is 14.0. The van der Waals surface area contributed by atoms with Crippen LogP contribution in [0.1, 0.15) is 20.8 Å². The van der Waals surface area contributed by atoms with Gasteiger partial charge in [-0.25, -0.2) is 13.2 Å². The molecule has 25 heavy (non-hydrogen) atoms. The maximum atomic E-state index is 12.7. The molecule has 0 unspecified atom stereocenters. The summed E-state index contributed by atoms with van der Waals surface area (Å²) < 4.78 is 32.0. The smallest absolute Gasteiger partial charge is 0.317 e. The molecule has 1 saturated heterocycles. The molecule has 0 aliphatic carbocycles. The zero-order valence-electron chi connectivity index (χ0n) is 15.3. The molecule has 1 aromatic carbocycles. The van der Waals surface area contributed by atoms with E-state index < -0.39 is 10.0 Å². The van der Waals surface area contributed by atoms with Gasteiger partial charge >= 0.3 is 6.03 Å². The molecule has 1 aromatic rings. The Morgan fingerprint density at radius 1 is 1.20 bits per heavy atom. The molecule has 0 spiro atoms. The Morgan fingerprint density at radius 3 is 2.40 bits per heavy atom. The number of benzene rings is 1. The number of ether oxygens (including phenoxy) is 1. The van der Waals surface area contributed by atoms with Gasteiger partial charge in [0.15, 0.2) is 0 Å². The van der Waals surface area contributed by atoms with Gasteiger partial charge in [0.25, 0.3) is 0 Å². The molecule has 1 heterocycles. The molecule has 1 fully saturated rings. The summed E-state index contributed by atoms with van der Waals surface area (Å²) in [6.45, 7) is 8.03. The first-order valence-electron chi connectivity index (χ1n) is 8.30. The number of methoxy groups -OCH3 is 1. The van der Waals surface area contributed by atoms with Crippen LogP contribution in [-0.4, -0.2) is 63.5 Å². The molecule has 0 radical (unpaired) electrons. The lowest BCUT2D eigenvalue weighted by Crippen LogP contribution is -2.53. The highest BCUT2D eigenvalue weighted by Crippen LogP contribution is 2.22. The van der Waals surface area contributed by atoms with Crippen LogP contribution in [0.3, 0.4) is 0 Å². The van der Waals surface area contributed by atoms with Gasteiger partial charge in [-0.3, -0.25) is 0 Å². The van der Waals surface area contributed by atoms with E-state index in [-0.39, 0.29) is 29.4 Å². The average Bonchev–Trinajstić information content (AvgIpc) is 2.59. The van der Waals surface area contributed by atoms with E-state index in [2.05, 4.69) is 5.32 Å². The standard InChI is InChI=1S/C17H27N3O4S/c1-17(2,3)13-18-16(21)19-8-10-20(11-9-19)25(22,23)15-7-5-6-14(12-15)24-4/h5-7,12H,8-11,13H2,1-4H3,(H,18,21). The van der Waals surface area contributed by atoms with E-state index in [1.54, 1.807) is 23.1 Å². The Morgan fingerprint density at radius 2 is 1.84 bits per heavy atom. The number of rotatable bonds is 4. The lowest BCUT2D eigenvalue weighted by Gasteiger charge is -2.34. The Bertz CT molecular complexity index is 705. The normalized spacial score (nSPS) is 16.6. The van der Waals surface area contributed by atoms with E-state index in [1.165, 1.54) is 17.5 Å². The van der Waals surface area contributed by atoms with E-state index in [0.717, 1.165) is 0 Å². The minimum atomic E-state index is -3.58. The highest BCUT2D eigenvalue weighted by atomic mass is 32.2. The molecule has 2 rings (SSSR count). The molecule has 8 heteroatoms. The maximum Gasteiger partial charge on any atom is 0.317 e. The lowest BCUT2D eigenvalue weighted by molar-refractivity contribution is 0.169. The SMILES string of the molecule is COc1cccc(S(=O)(=O)N2CCN(C(=O)NCC(C)(C)C)CC2)c1. The molecule has 0 saturated carbocycles. The van der Waals surface area contributed by atoms with Gasteiger partial charge in [-0.2, -0.15) is 4.31 Å². The highest BCUT2D eigenvalue weighted by Gasteiger charge is 2.30. The Hall–Kier alpha value is -1.80. The third-order valence-corrected chi connectivity index (χ3v) is 5.87. The molecule has 2 amide bonds. The van der Waals surface area contributed by atoms with Crippen molar-refractivity contribution in [3.05, 3.63) is 24.3 Å². The number of piperazine rings is 1. The topological polar surface area (TPSA) is 79.0 Å². The zero-order chi connectivity index (χ0) is 18.7. The van der Waals surface area contributed by atoms with Gasteiger partial charge in [0.2, 0.25) is 10.0 Å². The third-order valence-electron chi connectivity index (χ3n) is 3.97. The molecule has 1 aliphatic rings. The van der Waals surface area contributed by atoms with Crippen LogP contribution in [0, 0.1) is 5.41 Å². The Labute approximate surface area is 150 Å². The minimum absolute atomic E-state index is 0.00713. The van der Waals surface area contributed by atoms with Crippen molar-refractivity contribution in [2.24, 2.45) is 5.41 Å². The number of nitrogens with zero attached hydrogens (tertiary/aromatic N) is 2. The van der Waals surface area contributed by atoms with E-state index in [4.69, 9.17) is 4.74 Å². The Balaban J connectivity index is 1.98. The maximum absolute atomic E-state index is 12.7. The van der Waals surface area contributed by atoms with Crippen molar-refractivity contribution >= 4 is 16.1 Å².